The van der Waals surface area contributed by atoms with Crippen molar-refractivity contribution in [1.82, 2.24) is 5.32 Å². The van der Waals surface area contributed by atoms with Crippen LogP contribution in [0.5, 0.6) is 0 Å². The minimum absolute atomic E-state index is 0.587. The first-order chi connectivity index (χ1) is 10.2. The second kappa shape index (κ2) is 6.43. The van der Waals surface area contributed by atoms with E-state index in [0.717, 1.165) is 16.6 Å². The smallest absolute Gasteiger partial charge is 0.0991 e. The average molecular weight is 341 g/mol. The Kier molecular flexibility index (Phi) is 4.38. The standard InChI is InChI=1S/C18H17BrN2/c19-17-6-4-15(5-7-17)16-9-18(10-16)21-12-14-3-1-2-13(8-14)11-20/h1-8,16,18,21H,9-10,12H2. The molecule has 2 nitrogen and oxygen atoms in total. The molecule has 2 aromatic carbocycles. The van der Waals surface area contributed by atoms with Gasteiger partial charge in [-0.3, -0.25) is 0 Å². The number of nitrogens with one attached hydrogen (secondary N) is 1. The second-order valence-electron chi connectivity index (χ2n) is 5.61. The van der Waals surface area contributed by atoms with E-state index < -0.39 is 0 Å². The van der Waals surface area contributed by atoms with E-state index in [1.54, 1.807) is 0 Å². The zero-order valence-electron chi connectivity index (χ0n) is 11.7. The van der Waals surface area contributed by atoms with Crippen molar-refractivity contribution in [3.63, 3.8) is 0 Å². The molecule has 0 heterocycles. The van der Waals surface area contributed by atoms with Gasteiger partial charge in [-0.1, -0.05) is 40.2 Å². The molecule has 106 valence electrons. The van der Waals surface area contributed by atoms with Crippen molar-refractivity contribution in [3.05, 3.63) is 69.7 Å². The first kappa shape index (κ1) is 14.3. The molecule has 0 bridgehead atoms. The maximum absolute atomic E-state index is 8.90. The van der Waals surface area contributed by atoms with Crippen LogP contribution in [0.15, 0.2) is 53.0 Å². The Morgan fingerprint density at radius 2 is 1.90 bits per heavy atom. The van der Waals surface area contributed by atoms with Gasteiger partial charge in [0, 0.05) is 17.1 Å². The minimum Gasteiger partial charge on any atom is -0.310 e. The molecule has 1 saturated carbocycles. The van der Waals surface area contributed by atoms with E-state index in [1.807, 2.05) is 18.2 Å². The lowest BCUT2D eigenvalue weighted by Crippen LogP contribution is -2.39. The van der Waals surface area contributed by atoms with Crippen LogP contribution in [0, 0.1) is 11.3 Å². The van der Waals surface area contributed by atoms with Gasteiger partial charge in [0.05, 0.1) is 11.6 Å². The number of rotatable bonds is 4. The molecule has 21 heavy (non-hydrogen) atoms. The lowest BCUT2D eigenvalue weighted by atomic mass is 9.76. The van der Waals surface area contributed by atoms with Gasteiger partial charge in [-0.25, -0.2) is 0 Å². The van der Waals surface area contributed by atoms with Crippen molar-refractivity contribution in [1.29, 1.82) is 5.26 Å². The number of benzene rings is 2. The van der Waals surface area contributed by atoms with Crippen LogP contribution in [0.25, 0.3) is 0 Å². The van der Waals surface area contributed by atoms with Crippen LogP contribution in [0.4, 0.5) is 0 Å². The minimum atomic E-state index is 0.587. The normalized spacial score (nSPS) is 20.6. The lowest BCUT2D eigenvalue weighted by Gasteiger charge is -2.36. The van der Waals surface area contributed by atoms with Crippen molar-refractivity contribution in [3.8, 4) is 6.07 Å². The van der Waals surface area contributed by atoms with Gasteiger partial charge in [-0.2, -0.15) is 5.26 Å². The number of hydrogen-bond donors (Lipinski definition) is 1. The Bertz CT molecular complexity index is 652. The third-order valence-electron chi connectivity index (χ3n) is 4.13. The summed E-state index contributed by atoms with van der Waals surface area (Å²) in [7, 11) is 0. The van der Waals surface area contributed by atoms with E-state index in [2.05, 4.69) is 57.6 Å². The maximum atomic E-state index is 8.90. The molecule has 1 aliphatic rings. The molecule has 0 aromatic heterocycles. The van der Waals surface area contributed by atoms with Crippen molar-refractivity contribution >= 4 is 15.9 Å². The number of nitrogens with zero attached hydrogens (tertiary/aromatic N) is 1. The van der Waals surface area contributed by atoms with Gasteiger partial charge in [0.25, 0.3) is 0 Å². The fourth-order valence-electron chi connectivity index (χ4n) is 2.80. The predicted molar refractivity (Wildman–Crippen MR) is 87.9 cm³/mol. The molecule has 1 fully saturated rings. The molecular formula is C18H17BrN2. The summed E-state index contributed by atoms with van der Waals surface area (Å²) >= 11 is 3.47. The maximum Gasteiger partial charge on any atom is 0.0991 e. The van der Waals surface area contributed by atoms with Crippen molar-refractivity contribution in [2.75, 3.05) is 0 Å². The molecule has 0 unspecified atom stereocenters. The summed E-state index contributed by atoms with van der Waals surface area (Å²) in [6.45, 7) is 0.841. The van der Waals surface area contributed by atoms with Crippen molar-refractivity contribution in [2.24, 2.45) is 0 Å². The quantitative estimate of drug-likeness (QED) is 0.897. The summed E-state index contributed by atoms with van der Waals surface area (Å²) in [5, 5.41) is 12.5. The Labute approximate surface area is 133 Å². The molecule has 2 aromatic rings. The molecule has 1 N–H and O–H groups in total. The first-order valence-corrected chi connectivity index (χ1v) is 8.02. The third-order valence-corrected chi connectivity index (χ3v) is 4.66. The van der Waals surface area contributed by atoms with Gasteiger partial charge in [0.2, 0.25) is 0 Å². The Morgan fingerprint density at radius 1 is 1.14 bits per heavy atom. The van der Waals surface area contributed by atoms with Gasteiger partial charge in [0.1, 0.15) is 0 Å². The molecule has 0 saturated heterocycles. The van der Waals surface area contributed by atoms with Crippen LogP contribution < -0.4 is 5.32 Å². The van der Waals surface area contributed by atoms with E-state index in [9.17, 15) is 0 Å². The summed E-state index contributed by atoms with van der Waals surface area (Å²) < 4.78 is 1.14. The molecule has 0 atom stereocenters. The molecule has 3 heteroatoms. The predicted octanol–water partition coefficient (Wildman–Crippen LogP) is 4.36. The highest BCUT2D eigenvalue weighted by molar-refractivity contribution is 9.10. The largest absolute Gasteiger partial charge is 0.310 e. The van der Waals surface area contributed by atoms with E-state index in [4.69, 9.17) is 5.26 Å². The summed E-state index contributed by atoms with van der Waals surface area (Å²) in [5.41, 5.74) is 3.35. The zero-order valence-corrected chi connectivity index (χ0v) is 13.3. The fourth-order valence-corrected chi connectivity index (χ4v) is 3.07. The van der Waals surface area contributed by atoms with Gasteiger partial charge < -0.3 is 5.32 Å². The third kappa shape index (κ3) is 3.53. The van der Waals surface area contributed by atoms with Crippen molar-refractivity contribution in [2.45, 2.75) is 31.3 Å². The van der Waals surface area contributed by atoms with E-state index in [1.165, 1.54) is 24.0 Å². The van der Waals surface area contributed by atoms with Crippen molar-refractivity contribution < 1.29 is 0 Å². The van der Waals surface area contributed by atoms with Crippen LogP contribution in [0.2, 0.25) is 0 Å². The summed E-state index contributed by atoms with van der Waals surface area (Å²) in [5.74, 6) is 0.682. The molecule has 0 radical (unpaired) electrons. The molecule has 1 aliphatic carbocycles. The van der Waals surface area contributed by atoms with Gasteiger partial charge in [-0.05, 0) is 54.2 Å². The number of nitriles is 1. The highest BCUT2D eigenvalue weighted by Crippen LogP contribution is 2.37. The molecule has 0 aliphatic heterocycles. The topological polar surface area (TPSA) is 35.8 Å². The molecule has 0 spiro atoms. The first-order valence-electron chi connectivity index (χ1n) is 7.22. The SMILES string of the molecule is N#Cc1cccc(CNC2CC(c3ccc(Br)cc3)C2)c1. The summed E-state index contributed by atoms with van der Waals surface area (Å²) in [6.07, 6.45) is 2.39. The van der Waals surface area contributed by atoms with E-state index in [0.29, 0.717) is 12.0 Å². The van der Waals surface area contributed by atoms with Gasteiger partial charge in [0.15, 0.2) is 0 Å². The van der Waals surface area contributed by atoms with Crippen LogP contribution in [0.1, 0.15) is 35.4 Å². The fraction of sp³-hybridized carbons (Fsp3) is 0.278. The van der Waals surface area contributed by atoms with Crippen LogP contribution in [-0.2, 0) is 6.54 Å². The summed E-state index contributed by atoms with van der Waals surface area (Å²) in [6, 6.07) is 19.2. The number of hydrogen-bond acceptors (Lipinski definition) is 2. The van der Waals surface area contributed by atoms with Gasteiger partial charge >= 0.3 is 0 Å². The monoisotopic (exact) mass is 340 g/mol. The van der Waals surface area contributed by atoms with Crippen LogP contribution in [-0.4, -0.2) is 6.04 Å². The zero-order chi connectivity index (χ0) is 14.7. The molecular weight excluding hydrogens is 324 g/mol. The average Bonchev–Trinajstić information content (AvgIpc) is 2.47. The summed E-state index contributed by atoms with van der Waals surface area (Å²) in [4.78, 5) is 0. The number of halogens is 1. The van der Waals surface area contributed by atoms with E-state index >= 15 is 0 Å². The molecule has 0 amide bonds. The van der Waals surface area contributed by atoms with E-state index in [-0.39, 0.29) is 0 Å². The Balaban J connectivity index is 1.49. The second-order valence-corrected chi connectivity index (χ2v) is 6.53. The Hall–Kier alpha value is -1.63. The van der Waals surface area contributed by atoms with Gasteiger partial charge in [-0.15, -0.1) is 0 Å². The highest BCUT2D eigenvalue weighted by Gasteiger charge is 2.29. The lowest BCUT2D eigenvalue weighted by molar-refractivity contribution is 0.289. The van der Waals surface area contributed by atoms with Crippen LogP contribution >= 0.6 is 15.9 Å². The highest BCUT2D eigenvalue weighted by atomic mass is 79.9. The molecule has 3 rings (SSSR count). The Morgan fingerprint density at radius 3 is 2.62 bits per heavy atom. The van der Waals surface area contributed by atoms with Crippen LogP contribution in [0.3, 0.4) is 0 Å².